The molecule has 0 fully saturated rings. The van der Waals surface area contributed by atoms with Gasteiger partial charge in [-0.25, -0.2) is 0 Å². The Kier molecular flexibility index (Phi) is 8.66. The summed E-state index contributed by atoms with van der Waals surface area (Å²) in [6.45, 7) is 4.31. The van der Waals surface area contributed by atoms with Gasteiger partial charge < -0.3 is 20.5 Å². The molecule has 1 unspecified atom stereocenters. The molecule has 5 nitrogen and oxygen atoms in total. The van der Waals surface area contributed by atoms with Crippen LogP contribution in [-0.4, -0.2) is 32.8 Å². The minimum atomic E-state index is 0.0211. The second-order valence-corrected chi connectivity index (χ2v) is 5.17. The predicted octanol–water partition coefficient (Wildman–Crippen LogP) is 2.16. The molecule has 0 aliphatic carbocycles. The molecule has 1 atom stereocenters. The average molecular weight is 294 g/mol. The number of hydrogen-bond donors (Lipinski definition) is 2. The first-order valence-electron chi connectivity index (χ1n) is 7.31. The first kappa shape index (κ1) is 17.6. The van der Waals surface area contributed by atoms with Gasteiger partial charge in [-0.05, 0) is 36.6 Å². The third kappa shape index (κ3) is 7.80. The first-order valence-corrected chi connectivity index (χ1v) is 7.31. The molecular weight excluding hydrogens is 268 g/mol. The zero-order chi connectivity index (χ0) is 15.5. The summed E-state index contributed by atoms with van der Waals surface area (Å²) >= 11 is 0. The lowest BCUT2D eigenvalue weighted by Gasteiger charge is -2.10. The van der Waals surface area contributed by atoms with E-state index in [4.69, 9.17) is 15.2 Å². The molecule has 0 aromatic heterocycles. The molecule has 3 N–H and O–H groups in total. The molecule has 1 aromatic carbocycles. The largest absolute Gasteiger partial charge is 0.382 e. The van der Waals surface area contributed by atoms with Crippen molar-refractivity contribution in [1.29, 1.82) is 0 Å². The van der Waals surface area contributed by atoms with Crippen molar-refractivity contribution in [2.45, 2.75) is 26.4 Å². The van der Waals surface area contributed by atoms with Crippen LogP contribution in [0.4, 0.5) is 5.69 Å². The minimum Gasteiger partial charge on any atom is -0.382 e. The lowest BCUT2D eigenvalue weighted by molar-refractivity contribution is -0.116. The van der Waals surface area contributed by atoms with Gasteiger partial charge in [0.15, 0.2) is 0 Å². The summed E-state index contributed by atoms with van der Waals surface area (Å²) in [5.41, 5.74) is 7.37. The van der Waals surface area contributed by atoms with Gasteiger partial charge in [-0.3, -0.25) is 4.79 Å². The number of methoxy groups -OCH3 is 1. The van der Waals surface area contributed by atoms with Gasteiger partial charge in [-0.2, -0.15) is 0 Å². The molecule has 0 bridgehead atoms. The molecule has 21 heavy (non-hydrogen) atoms. The lowest BCUT2D eigenvalue weighted by Crippen LogP contribution is -2.16. The summed E-state index contributed by atoms with van der Waals surface area (Å²) in [5.74, 6) is 0.393. The number of carbonyl (C=O) groups excluding carboxylic acids is 1. The third-order valence-corrected chi connectivity index (χ3v) is 3.18. The number of amides is 1. The lowest BCUT2D eigenvalue weighted by atomic mass is 10.1. The molecule has 1 amide bonds. The number of hydrogen-bond acceptors (Lipinski definition) is 4. The number of rotatable bonds is 10. The van der Waals surface area contributed by atoms with Crippen molar-refractivity contribution in [3.05, 3.63) is 29.8 Å². The highest BCUT2D eigenvalue weighted by Crippen LogP contribution is 2.13. The summed E-state index contributed by atoms with van der Waals surface area (Å²) in [7, 11) is 1.64. The number of anilines is 1. The van der Waals surface area contributed by atoms with Gasteiger partial charge in [0.2, 0.25) is 5.91 Å². The van der Waals surface area contributed by atoms with E-state index >= 15 is 0 Å². The highest BCUT2D eigenvalue weighted by Gasteiger charge is 2.06. The van der Waals surface area contributed by atoms with Gasteiger partial charge in [0.25, 0.3) is 0 Å². The zero-order valence-electron chi connectivity index (χ0n) is 12.9. The Labute approximate surface area is 126 Å². The van der Waals surface area contributed by atoms with Crippen molar-refractivity contribution in [1.82, 2.24) is 0 Å². The van der Waals surface area contributed by atoms with E-state index in [-0.39, 0.29) is 5.91 Å². The van der Waals surface area contributed by atoms with E-state index < -0.39 is 0 Å². The number of benzene rings is 1. The molecule has 1 aromatic rings. The van der Waals surface area contributed by atoms with Crippen LogP contribution in [0.1, 0.15) is 25.3 Å². The van der Waals surface area contributed by atoms with Crippen LogP contribution < -0.4 is 11.1 Å². The van der Waals surface area contributed by atoms with Crippen LogP contribution >= 0.6 is 0 Å². The fourth-order valence-electron chi connectivity index (χ4n) is 1.79. The Hall–Kier alpha value is -1.43. The summed E-state index contributed by atoms with van der Waals surface area (Å²) < 4.78 is 10.4. The fraction of sp³-hybridized carbons (Fsp3) is 0.562. The van der Waals surface area contributed by atoms with Crippen molar-refractivity contribution >= 4 is 11.6 Å². The minimum absolute atomic E-state index is 0.0211. The van der Waals surface area contributed by atoms with E-state index in [9.17, 15) is 4.79 Å². The van der Waals surface area contributed by atoms with Crippen LogP contribution in [0.5, 0.6) is 0 Å². The molecule has 0 saturated carbocycles. The maximum Gasteiger partial charge on any atom is 0.224 e. The maximum absolute atomic E-state index is 11.8. The molecule has 5 heteroatoms. The van der Waals surface area contributed by atoms with Crippen molar-refractivity contribution in [2.24, 2.45) is 11.7 Å². The standard InChI is InChI=1S/C16H26N2O3/c1-13(11-17)6-7-16(19)18-15-5-3-4-14(10-15)12-21-9-8-20-2/h3-5,10,13H,6-9,11-12,17H2,1-2H3,(H,18,19). The predicted molar refractivity (Wildman–Crippen MR) is 84.1 cm³/mol. The molecule has 0 saturated heterocycles. The summed E-state index contributed by atoms with van der Waals surface area (Å²) in [5, 5.41) is 2.90. The second kappa shape index (κ2) is 10.3. The summed E-state index contributed by atoms with van der Waals surface area (Å²) in [4.78, 5) is 11.8. The number of carbonyl (C=O) groups is 1. The molecule has 0 aliphatic rings. The van der Waals surface area contributed by atoms with Crippen LogP contribution in [0.15, 0.2) is 24.3 Å². The molecule has 0 radical (unpaired) electrons. The highest BCUT2D eigenvalue weighted by molar-refractivity contribution is 5.90. The van der Waals surface area contributed by atoms with Crippen LogP contribution in [-0.2, 0) is 20.9 Å². The first-order chi connectivity index (χ1) is 10.2. The monoisotopic (exact) mass is 294 g/mol. The van der Waals surface area contributed by atoms with E-state index in [2.05, 4.69) is 5.32 Å². The Bertz CT molecular complexity index is 424. The highest BCUT2D eigenvalue weighted by atomic mass is 16.5. The fourth-order valence-corrected chi connectivity index (χ4v) is 1.79. The van der Waals surface area contributed by atoms with Crippen molar-refractivity contribution < 1.29 is 14.3 Å². The average Bonchev–Trinajstić information content (AvgIpc) is 2.49. The van der Waals surface area contributed by atoms with Crippen LogP contribution in [0.2, 0.25) is 0 Å². The van der Waals surface area contributed by atoms with Gasteiger partial charge in [-0.15, -0.1) is 0 Å². The molecule has 0 spiro atoms. The zero-order valence-corrected chi connectivity index (χ0v) is 12.9. The number of nitrogens with two attached hydrogens (primary N) is 1. The molecule has 0 heterocycles. The molecule has 0 aliphatic heterocycles. The van der Waals surface area contributed by atoms with Crippen molar-refractivity contribution in [2.75, 3.05) is 32.2 Å². The van der Waals surface area contributed by atoms with Gasteiger partial charge >= 0.3 is 0 Å². The maximum atomic E-state index is 11.8. The normalized spacial score (nSPS) is 12.1. The van der Waals surface area contributed by atoms with Crippen LogP contribution in [0.3, 0.4) is 0 Å². The quantitative estimate of drug-likeness (QED) is 0.649. The van der Waals surface area contributed by atoms with E-state index in [1.165, 1.54) is 0 Å². The third-order valence-electron chi connectivity index (χ3n) is 3.18. The number of nitrogens with one attached hydrogen (secondary N) is 1. The Morgan fingerprint density at radius 2 is 2.19 bits per heavy atom. The second-order valence-electron chi connectivity index (χ2n) is 5.17. The Morgan fingerprint density at radius 1 is 1.38 bits per heavy atom. The van der Waals surface area contributed by atoms with Gasteiger partial charge in [-0.1, -0.05) is 19.1 Å². The summed E-state index contributed by atoms with van der Waals surface area (Å²) in [6.07, 6.45) is 1.30. The van der Waals surface area contributed by atoms with Crippen LogP contribution in [0, 0.1) is 5.92 Å². The number of ether oxygens (including phenoxy) is 2. The van der Waals surface area contributed by atoms with Crippen molar-refractivity contribution in [3.8, 4) is 0 Å². The molecule has 118 valence electrons. The van der Waals surface area contributed by atoms with E-state index in [0.717, 1.165) is 17.7 Å². The van der Waals surface area contributed by atoms with E-state index in [1.807, 2.05) is 31.2 Å². The van der Waals surface area contributed by atoms with E-state index in [0.29, 0.717) is 38.7 Å². The smallest absolute Gasteiger partial charge is 0.224 e. The van der Waals surface area contributed by atoms with Crippen LogP contribution in [0.25, 0.3) is 0 Å². The van der Waals surface area contributed by atoms with Gasteiger partial charge in [0, 0.05) is 19.2 Å². The summed E-state index contributed by atoms with van der Waals surface area (Å²) in [6, 6.07) is 7.69. The van der Waals surface area contributed by atoms with Gasteiger partial charge in [0.05, 0.1) is 19.8 Å². The van der Waals surface area contributed by atoms with Gasteiger partial charge in [0.1, 0.15) is 0 Å². The van der Waals surface area contributed by atoms with Crippen molar-refractivity contribution in [3.63, 3.8) is 0 Å². The van der Waals surface area contributed by atoms with E-state index in [1.54, 1.807) is 7.11 Å². The Balaban J connectivity index is 2.39. The Morgan fingerprint density at radius 3 is 2.90 bits per heavy atom. The molecular formula is C16H26N2O3. The topological polar surface area (TPSA) is 73.6 Å². The molecule has 1 rings (SSSR count). The SMILES string of the molecule is COCCOCc1cccc(NC(=O)CCC(C)CN)c1.